The van der Waals surface area contributed by atoms with Gasteiger partial charge in [-0.1, -0.05) is 15.9 Å². The Balaban J connectivity index is 3.57. The zero-order chi connectivity index (χ0) is 14.2. The zero-order valence-corrected chi connectivity index (χ0v) is 12.8. The number of hydrogen-bond donors (Lipinski definition) is 2. The lowest BCUT2D eigenvalue weighted by atomic mass is 10.3. The maximum atomic E-state index is 8.55. The minimum absolute atomic E-state index is 0.0196. The molecule has 7 heteroatoms. The first-order valence-corrected chi connectivity index (χ1v) is 7.63. The molecule has 6 nitrogen and oxygen atoms in total. The Bertz CT molecular complexity index is 158. The number of hydrogen-bond acceptors (Lipinski definition) is 6. The summed E-state index contributed by atoms with van der Waals surface area (Å²) in [6.45, 7) is 2.44. The smallest absolute Gasteiger partial charge is 0.157 e. The summed E-state index contributed by atoms with van der Waals surface area (Å²) in [4.78, 5) is 0. The fraction of sp³-hybridized carbons (Fsp3) is 1.00. The van der Waals surface area contributed by atoms with Gasteiger partial charge in [0.05, 0.1) is 52.9 Å². The van der Waals surface area contributed by atoms with Crippen molar-refractivity contribution in [3.05, 3.63) is 0 Å². The van der Waals surface area contributed by atoms with E-state index < -0.39 is 0 Å². The highest BCUT2D eigenvalue weighted by atomic mass is 79.9. The molecule has 0 radical (unpaired) electrons. The van der Waals surface area contributed by atoms with Crippen LogP contribution in [0.2, 0.25) is 0 Å². The number of ether oxygens (including phenoxy) is 4. The van der Waals surface area contributed by atoms with E-state index in [1.165, 1.54) is 0 Å². The van der Waals surface area contributed by atoms with Crippen LogP contribution in [0.15, 0.2) is 0 Å². The second-order valence-electron chi connectivity index (χ2n) is 3.67. The summed E-state index contributed by atoms with van der Waals surface area (Å²) in [6, 6.07) is 0. The molecule has 116 valence electrons. The third-order valence-electron chi connectivity index (χ3n) is 2.11. The molecule has 0 saturated carbocycles. The predicted molar refractivity (Wildman–Crippen MR) is 74.5 cm³/mol. The minimum atomic E-state index is -0.270. The van der Waals surface area contributed by atoms with Gasteiger partial charge in [0, 0.05) is 5.33 Å². The molecule has 0 aromatic carbocycles. The second kappa shape index (κ2) is 16.3. The highest BCUT2D eigenvalue weighted by Gasteiger charge is 2.08. The maximum absolute atomic E-state index is 8.55. The summed E-state index contributed by atoms with van der Waals surface area (Å²) in [6.07, 6.45) is 1.48. The monoisotopic (exact) mass is 344 g/mol. The van der Waals surface area contributed by atoms with Crippen LogP contribution in [0.25, 0.3) is 0 Å². The Morgan fingerprint density at radius 1 is 0.789 bits per heavy atom. The molecule has 19 heavy (non-hydrogen) atoms. The molecule has 0 aromatic rings. The largest absolute Gasteiger partial charge is 0.394 e. The lowest BCUT2D eigenvalue weighted by Crippen LogP contribution is -2.22. The van der Waals surface area contributed by atoms with Gasteiger partial charge in [0.1, 0.15) is 0 Å². The van der Waals surface area contributed by atoms with Crippen LogP contribution in [0, 0.1) is 0 Å². The van der Waals surface area contributed by atoms with Gasteiger partial charge in [-0.05, 0) is 12.8 Å². The van der Waals surface area contributed by atoms with E-state index in [9.17, 15) is 0 Å². The van der Waals surface area contributed by atoms with Crippen LogP contribution in [-0.2, 0) is 18.9 Å². The van der Waals surface area contributed by atoms with E-state index >= 15 is 0 Å². The van der Waals surface area contributed by atoms with Gasteiger partial charge in [-0.3, -0.25) is 0 Å². The van der Waals surface area contributed by atoms with Crippen LogP contribution < -0.4 is 0 Å². The van der Waals surface area contributed by atoms with Crippen LogP contribution >= 0.6 is 15.9 Å². The molecule has 0 amide bonds. The molecule has 0 atom stereocenters. The van der Waals surface area contributed by atoms with Gasteiger partial charge in [0.15, 0.2) is 6.29 Å². The van der Waals surface area contributed by atoms with Crippen LogP contribution in [0.1, 0.15) is 12.8 Å². The third-order valence-corrected chi connectivity index (χ3v) is 2.67. The van der Waals surface area contributed by atoms with Gasteiger partial charge in [-0.25, -0.2) is 0 Å². The highest BCUT2D eigenvalue weighted by molar-refractivity contribution is 9.09. The van der Waals surface area contributed by atoms with E-state index in [4.69, 9.17) is 29.2 Å². The maximum Gasteiger partial charge on any atom is 0.157 e. The molecule has 0 rings (SSSR count). The Labute approximate surface area is 123 Å². The highest BCUT2D eigenvalue weighted by Crippen LogP contribution is 2.06. The minimum Gasteiger partial charge on any atom is -0.394 e. The van der Waals surface area contributed by atoms with Crippen molar-refractivity contribution in [1.29, 1.82) is 0 Å². The number of aliphatic hydroxyl groups excluding tert-OH is 2. The summed E-state index contributed by atoms with van der Waals surface area (Å²) >= 11 is 3.37. The Kier molecular flexibility index (Phi) is 16.5. The quantitative estimate of drug-likeness (QED) is 0.256. The summed E-state index contributed by atoms with van der Waals surface area (Å²) in [5.74, 6) is 0. The fourth-order valence-electron chi connectivity index (χ4n) is 1.27. The van der Waals surface area contributed by atoms with Gasteiger partial charge in [0.25, 0.3) is 0 Å². The van der Waals surface area contributed by atoms with Crippen molar-refractivity contribution in [1.82, 2.24) is 0 Å². The molecule has 0 unspecified atom stereocenters. The van der Waals surface area contributed by atoms with Crippen LogP contribution in [0.3, 0.4) is 0 Å². The number of halogens is 1. The molecule has 0 aliphatic carbocycles. The van der Waals surface area contributed by atoms with Gasteiger partial charge in [0.2, 0.25) is 0 Å². The SMILES string of the molecule is OCCOCCOC(CCCBr)OCCOCCO. The predicted octanol–water partition coefficient (Wildman–Crippen LogP) is 0.539. The number of aliphatic hydroxyl groups is 2. The van der Waals surface area contributed by atoms with Crippen molar-refractivity contribution < 1.29 is 29.2 Å². The van der Waals surface area contributed by atoms with E-state index in [0.717, 1.165) is 18.2 Å². The van der Waals surface area contributed by atoms with Crippen LogP contribution in [0.5, 0.6) is 0 Å². The topological polar surface area (TPSA) is 77.4 Å². The van der Waals surface area contributed by atoms with Crippen LogP contribution in [-0.4, -0.2) is 74.7 Å². The van der Waals surface area contributed by atoms with E-state index in [0.29, 0.717) is 39.6 Å². The Hall–Kier alpha value is 0.240. The average molecular weight is 345 g/mol. The van der Waals surface area contributed by atoms with Crippen molar-refractivity contribution in [2.75, 3.05) is 58.2 Å². The molecule has 0 aliphatic heterocycles. The third kappa shape index (κ3) is 14.5. The molecule has 0 aromatic heterocycles. The first kappa shape index (κ1) is 19.2. The van der Waals surface area contributed by atoms with E-state index in [1.54, 1.807) is 0 Å². The van der Waals surface area contributed by atoms with Crippen molar-refractivity contribution >= 4 is 15.9 Å². The number of alkyl halides is 1. The molecule has 0 heterocycles. The molecule has 0 aliphatic rings. The molecular formula is C12H25BrO6. The van der Waals surface area contributed by atoms with E-state index in [-0.39, 0.29) is 19.5 Å². The second-order valence-corrected chi connectivity index (χ2v) is 4.47. The van der Waals surface area contributed by atoms with Gasteiger partial charge in [-0.15, -0.1) is 0 Å². The fourth-order valence-corrected chi connectivity index (χ4v) is 1.59. The lowest BCUT2D eigenvalue weighted by molar-refractivity contribution is -0.161. The zero-order valence-electron chi connectivity index (χ0n) is 11.3. The molecule has 2 N–H and O–H groups in total. The van der Waals surface area contributed by atoms with E-state index in [2.05, 4.69) is 15.9 Å². The molecule has 0 fully saturated rings. The van der Waals surface area contributed by atoms with Gasteiger partial charge >= 0.3 is 0 Å². The normalized spacial score (nSPS) is 11.4. The molecule has 0 spiro atoms. The van der Waals surface area contributed by atoms with Gasteiger partial charge < -0.3 is 29.2 Å². The van der Waals surface area contributed by atoms with Crippen LogP contribution in [0.4, 0.5) is 0 Å². The van der Waals surface area contributed by atoms with Gasteiger partial charge in [-0.2, -0.15) is 0 Å². The van der Waals surface area contributed by atoms with Crippen molar-refractivity contribution in [3.63, 3.8) is 0 Å². The summed E-state index contributed by atoms with van der Waals surface area (Å²) in [5.41, 5.74) is 0. The molecular weight excluding hydrogens is 320 g/mol. The number of rotatable bonds is 15. The lowest BCUT2D eigenvalue weighted by Gasteiger charge is -2.18. The first-order chi connectivity index (χ1) is 9.35. The Morgan fingerprint density at radius 3 is 1.74 bits per heavy atom. The summed E-state index contributed by atoms with van der Waals surface area (Å²) in [7, 11) is 0. The summed E-state index contributed by atoms with van der Waals surface area (Å²) < 4.78 is 21.3. The van der Waals surface area contributed by atoms with Crippen molar-refractivity contribution in [3.8, 4) is 0 Å². The van der Waals surface area contributed by atoms with Crippen molar-refractivity contribution in [2.45, 2.75) is 19.1 Å². The Morgan fingerprint density at radius 2 is 1.32 bits per heavy atom. The standard InChI is InChI=1S/C12H25BrO6/c13-3-1-2-12(18-10-8-16-6-4-14)19-11-9-17-7-5-15/h12,14-15H,1-11H2. The molecule has 0 bridgehead atoms. The molecule has 0 saturated heterocycles. The van der Waals surface area contributed by atoms with Crippen molar-refractivity contribution in [2.24, 2.45) is 0 Å². The first-order valence-electron chi connectivity index (χ1n) is 6.51. The average Bonchev–Trinajstić information content (AvgIpc) is 2.43. The van der Waals surface area contributed by atoms with E-state index in [1.807, 2.05) is 0 Å². The summed E-state index contributed by atoms with van der Waals surface area (Å²) in [5, 5.41) is 18.0.